The van der Waals surface area contributed by atoms with Crippen LogP contribution in [0.15, 0.2) is 58.3 Å². The van der Waals surface area contributed by atoms with Crippen LogP contribution >= 0.6 is 11.8 Å². The number of nitrogens with one attached hydrogen (secondary N) is 2. The molecule has 0 aliphatic carbocycles. The van der Waals surface area contributed by atoms with Crippen molar-refractivity contribution in [2.75, 3.05) is 12.4 Å². The van der Waals surface area contributed by atoms with Crippen molar-refractivity contribution in [3.63, 3.8) is 0 Å². The molecule has 2 bridgehead atoms. The summed E-state index contributed by atoms with van der Waals surface area (Å²) in [6.45, 7) is 0. The fraction of sp³-hybridized carbons (Fsp3) is 0.409. The number of hydrogen-bond acceptors (Lipinski definition) is 4. The molecule has 0 aromatic heterocycles. The van der Waals surface area contributed by atoms with Crippen LogP contribution in [-0.4, -0.2) is 25.1 Å². The summed E-state index contributed by atoms with van der Waals surface area (Å²) < 4.78 is 5.19. The molecule has 2 N–H and O–H groups in total. The predicted molar refractivity (Wildman–Crippen MR) is 109 cm³/mol. The van der Waals surface area contributed by atoms with Crippen LogP contribution in [0.25, 0.3) is 0 Å². The number of piperidine rings is 1. The normalized spacial score (nSPS) is 23.8. The van der Waals surface area contributed by atoms with Gasteiger partial charge in [0.15, 0.2) is 0 Å². The molecule has 4 nitrogen and oxygen atoms in total. The van der Waals surface area contributed by atoms with Crippen molar-refractivity contribution in [1.82, 2.24) is 5.32 Å². The molecule has 0 saturated carbocycles. The molecule has 2 aromatic carbocycles. The highest BCUT2D eigenvalue weighted by atomic mass is 32.2. The van der Waals surface area contributed by atoms with Crippen LogP contribution in [0.2, 0.25) is 0 Å². The Labute approximate surface area is 165 Å². The molecular formula is C22H26N2O2S. The van der Waals surface area contributed by atoms with E-state index < -0.39 is 0 Å². The summed E-state index contributed by atoms with van der Waals surface area (Å²) in [5.41, 5.74) is 0.871. The van der Waals surface area contributed by atoms with Crippen molar-refractivity contribution in [3.05, 3.63) is 48.5 Å². The largest absolute Gasteiger partial charge is 0.497 e. The SMILES string of the molecule is COc1ccc(Sc2ccc(NC(=O)CC3CC4CCC(C3)N4)cc2)cc1. The van der Waals surface area contributed by atoms with Crippen molar-refractivity contribution in [1.29, 1.82) is 0 Å². The van der Waals surface area contributed by atoms with E-state index in [9.17, 15) is 4.79 Å². The highest BCUT2D eigenvalue weighted by molar-refractivity contribution is 7.99. The lowest BCUT2D eigenvalue weighted by molar-refractivity contribution is -0.117. The Balaban J connectivity index is 1.28. The van der Waals surface area contributed by atoms with Gasteiger partial charge in [-0.25, -0.2) is 0 Å². The van der Waals surface area contributed by atoms with Gasteiger partial charge >= 0.3 is 0 Å². The van der Waals surface area contributed by atoms with E-state index in [-0.39, 0.29) is 5.91 Å². The Morgan fingerprint density at radius 3 is 2.22 bits per heavy atom. The molecule has 2 unspecified atom stereocenters. The summed E-state index contributed by atoms with van der Waals surface area (Å²) in [5, 5.41) is 6.70. The van der Waals surface area contributed by atoms with Gasteiger partial charge < -0.3 is 15.4 Å². The first-order valence-corrected chi connectivity index (χ1v) is 10.5. The number of carbonyl (C=O) groups excluding carboxylic acids is 1. The van der Waals surface area contributed by atoms with Crippen LogP contribution in [0.4, 0.5) is 5.69 Å². The number of hydrogen-bond donors (Lipinski definition) is 2. The standard InChI is InChI=1S/C22H26N2O2S/c1-26-19-6-10-21(11-7-19)27-20-8-4-16(5-9-20)24-22(25)14-15-12-17-2-3-18(13-15)23-17/h4-11,15,17-18,23H,2-3,12-14H2,1H3,(H,24,25). The molecule has 2 aliphatic rings. The van der Waals surface area contributed by atoms with Crippen molar-refractivity contribution >= 4 is 23.4 Å². The molecule has 2 heterocycles. The van der Waals surface area contributed by atoms with E-state index in [0.717, 1.165) is 34.1 Å². The quantitative estimate of drug-likeness (QED) is 0.760. The molecule has 4 rings (SSSR count). The summed E-state index contributed by atoms with van der Waals surface area (Å²) in [7, 11) is 1.67. The van der Waals surface area contributed by atoms with Gasteiger partial charge in [0.2, 0.25) is 5.91 Å². The monoisotopic (exact) mass is 382 g/mol. The minimum absolute atomic E-state index is 0.136. The number of fused-ring (bicyclic) bond motifs is 2. The lowest BCUT2D eigenvalue weighted by Crippen LogP contribution is -2.39. The van der Waals surface area contributed by atoms with Crippen LogP contribution in [0.1, 0.15) is 32.1 Å². The third-order valence-electron chi connectivity index (χ3n) is 5.48. The molecule has 2 atom stereocenters. The van der Waals surface area contributed by atoms with E-state index >= 15 is 0 Å². The Bertz CT molecular complexity index is 764. The van der Waals surface area contributed by atoms with Gasteiger partial charge in [0, 0.05) is 34.0 Å². The molecule has 2 aliphatic heterocycles. The second-order valence-corrected chi connectivity index (χ2v) is 8.68. The lowest BCUT2D eigenvalue weighted by atomic mass is 9.89. The summed E-state index contributed by atoms with van der Waals surface area (Å²) in [5.74, 6) is 1.52. The number of rotatable bonds is 6. The molecule has 2 aromatic rings. The number of ether oxygens (including phenoxy) is 1. The van der Waals surface area contributed by atoms with E-state index in [1.807, 2.05) is 36.4 Å². The summed E-state index contributed by atoms with van der Waals surface area (Å²) in [6.07, 6.45) is 5.46. The van der Waals surface area contributed by atoms with Gasteiger partial charge in [0.25, 0.3) is 0 Å². The number of amides is 1. The van der Waals surface area contributed by atoms with Gasteiger partial charge in [-0.2, -0.15) is 0 Å². The molecule has 27 heavy (non-hydrogen) atoms. The topological polar surface area (TPSA) is 50.4 Å². The lowest BCUT2D eigenvalue weighted by Gasteiger charge is -2.28. The fourth-order valence-electron chi connectivity index (χ4n) is 4.20. The van der Waals surface area contributed by atoms with E-state index in [4.69, 9.17) is 4.74 Å². The van der Waals surface area contributed by atoms with Crippen LogP contribution in [-0.2, 0) is 4.79 Å². The zero-order valence-electron chi connectivity index (χ0n) is 15.6. The smallest absolute Gasteiger partial charge is 0.224 e. The van der Waals surface area contributed by atoms with Crippen molar-refractivity contribution < 1.29 is 9.53 Å². The van der Waals surface area contributed by atoms with Gasteiger partial charge in [-0.1, -0.05) is 11.8 Å². The first-order chi connectivity index (χ1) is 13.2. The van der Waals surface area contributed by atoms with Crippen molar-refractivity contribution in [2.45, 2.75) is 54.0 Å². The number of anilines is 1. The Morgan fingerprint density at radius 1 is 1.04 bits per heavy atom. The maximum atomic E-state index is 12.4. The van der Waals surface area contributed by atoms with Crippen LogP contribution < -0.4 is 15.4 Å². The molecular weight excluding hydrogens is 356 g/mol. The van der Waals surface area contributed by atoms with Crippen LogP contribution in [0.3, 0.4) is 0 Å². The molecule has 2 saturated heterocycles. The molecule has 2 fully saturated rings. The van der Waals surface area contributed by atoms with E-state index in [1.165, 1.54) is 12.8 Å². The zero-order chi connectivity index (χ0) is 18.6. The second-order valence-electron chi connectivity index (χ2n) is 7.53. The Kier molecular flexibility index (Phi) is 5.69. The van der Waals surface area contributed by atoms with Gasteiger partial charge in [0.1, 0.15) is 5.75 Å². The van der Waals surface area contributed by atoms with Gasteiger partial charge in [-0.05, 0) is 80.1 Å². The maximum Gasteiger partial charge on any atom is 0.224 e. The third kappa shape index (κ3) is 4.85. The molecule has 0 radical (unpaired) electrons. The third-order valence-corrected chi connectivity index (χ3v) is 6.49. The highest BCUT2D eigenvalue weighted by Crippen LogP contribution is 2.33. The molecule has 5 heteroatoms. The average molecular weight is 383 g/mol. The summed E-state index contributed by atoms with van der Waals surface area (Å²) in [6, 6.07) is 17.4. The predicted octanol–water partition coefficient (Wildman–Crippen LogP) is 4.71. The molecule has 1 amide bonds. The highest BCUT2D eigenvalue weighted by Gasteiger charge is 2.34. The minimum atomic E-state index is 0.136. The van der Waals surface area contributed by atoms with Crippen LogP contribution in [0.5, 0.6) is 5.75 Å². The first-order valence-electron chi connectivity index (χ1n) is 9.66. The summed E-state index contributed by atoms with van der Waals surface area (Å²) >= 11 is 1.70. The first kappa shape index (κ1) is 18.4. The van der Waals surface area contributed by atoms with Gasteiger partial charge in [-0.15, -0.1) is 0 Å². The Hall–Kier alpha value is -1.98. The number of benzene rings is 2. The minimum Gasteiger partial charge on any atom is -0.497 e. The molecule has 0 spiro atoms. The van der Waals surface area contributed by atoms with Gasteiger partial charge in [0.05, 0.1) is 7.11 Å². The second kappa shape index (κ2) is 8.36. The number of methoxy groups -OCH3 is 1. The number of carbonyl (C=O) groups is 1. The van der Waals surface area contributed by atoms with Crippen molar-refractivity contribution in [3.8, 4) is 5.75 Å². The van der Waals surface area contributed by atoms with E-state index in [2.05, 4.69) is 22.8 Å². The van der Waals surface area contributed by atoms with E-state index in [1.54, 1.807) is 18.9 Å². The van der Waals surface area contributed by atoms with Crippen LogP contribution in [0, 0.1) is 5.92 Å². The Morgan fingerprint density at radius 2 is 1.63 bits per heavy atom. The maximum absolute atomic E-state index is 12.4. The van der Waals surface area contributed by atoms with Crippen molar-refractivity contribution in [2.24, 2.45) is 5.92 Å². The fourth-order valence-corrected chi connectivity index (χ4v) is 5.02. The zero-order valence-corrected chi connectivity index (χ0v) is 16.4. The van der Waals surface area contributed by atoms with E-state index in [0.29, 0.717) is 24.4 Å². The van der Waals surface area contributed by atoms with Gasteiger partial charge in [-0.3, -0.25) is 4.79 Å². The molecule has 142 valence electrons. The average Bonchev–Trinajstić information content (AvgIpc) is 3.02. The summed E-state index contributed by atoms with van der Waals surface area (Å²) in [4.78, 5) is 14.7.